The van der Waals surface area contributed by atoms with Crippen molar-refractivity contribution < 1.29 is 4.74 Å². The van der Waals surface area contributed by atoms with Crippen LogP contribution in [0.25, 0.3) is 0 Å². The third-order valence-corrected chi connectivity index (χ3v) is 3.19. The normalized spacial score (nSPS) is 10.4. The fourth-order valence-corrected chi connectivity index (χ4v) is 1.92. The molecule has 0 unspecified atom stereocenters. The molecule has 2 rings (SSSR count). The van der Waals surface area contributed by atoms with Gasteiger partial charge in [-0.15, -0.1) is 0 Å². The van der Waals surface area contributed by atoms with E-state index in [0.29, 0.717) is 26.6 Å². The lowest BCUT2D eigenvalue weighted by Gasteiger charge is -2.10. The van der Waals surface area contributed by atoms with Crippen LogP contribution in [0, 0.1) is 6.92 Å². The molecular weight excluding hydrogens is 293 g/mol. The number of ether oxygens (including phenoxy) is 1. The van der Waals surface area contributed by atoms with E-state index in [1.165, 1.54) is 0 Å². The lowest BCUT2D eigenvalue weighted by atomic mass is 10.2. The first-order valence-corrected chi connectivity index (χ1v) is 6.39. The van der Waals surface area contributed by atoms with Crippen molar-refractivity contribution in [3.63, 3.8) is 0 Å². The van der Waals surface area contributed by atoms with E-state index in [9.17, 15) is 0 Å². The van der Waals surface area contributed by atoms with Gasteiger partial charge in [0.05, 0.1) is 10.7 Å². The first kappa shape index (κ1) is 13.5. The van der Waals surface area contributed by atoms with E-state index in [-0.39, 0.29) is 6.61 Å². The standard InChI is InChI=1S/C13H10Cl3NO/c1-8-2-3-9(14)6-12(8)18-7-11-10(15)4-5-13(16)17-11/h2-6H,7H2,1H3. The van der Waals surface area contributed by atoms with Gasteiger partial charge in [0.25, 0.3) is 0 Å². The molecule has 0 aliphatic rings. The summed E-state index contributed by atoms with van der Waals surface area (Å²) in [5.74, 6) is 0.709. The van der Waals surface area contributed by atoms with E-state index in [1.54, 1.807) is 18.2 Å². The van der Waals surface area contributed by atoms with Crippen LogP contribution >= 0.6 is 34.8 Å². The van der Waals surface area contributed by atoms with Crippen LogP contribution in [0.5, 0.6) is 5.75 Å². The van der Waals surface area contributed by atoms with Crippen molar-refractivity contribution >= 4 is 34.8 Å². The Morgan fingerprint density at radius 3 is 2.67 bits per heavy atom. The van der Waals surface area contributed by atoms with Crippen LogP contribution in [0.1, 0.15) is 11.3 Å². The number of pyridine rings is 1. The molecule has 0 atom stereocenters. The van der Waals surface area contributed by atoms with Crippen molar-refractivity contribution in [2.24, 2.45) is 0 Å². The van der Waals surface area contributed by atoms with Gasteiger partial charge >= 0.3 is 0 Å². The van der Waals surface area contributed by atoms with E-state index in [1.807, 2.05) is 19.1 Å². The van der Waals surface area contributed by atoms with E-state index in [4.69, 9.17) is 39.5 Å². The fourth-order valence-electron chi connectivity index (χ4n) is 1.43. The number of aromatic nitrogens is 1. The number of halogens is 3. The average molecular weight is 303 g/mol. The van der Waals surface area contributed by atoms with Crippen LogP contribution in [-0.2, 0) is 6.61 Å². The third-order valence-electron chi connectivity index (χ3n) is 2.40. The fraction of sp³-hybridized carbons (Fsp3) is 0.154. The molecule has 0 amide bonds. The second-order valence-electron chi connectivity index (χ2n) is 3.76. The molecule has 18 heavy (non-hydrogen) atoms. The van der Waals surface area contributed by atoms with E-state index in [2.05, 4.69) is 4.98 Å². The van der Waals surface area contributed by atoms with Crippen molar-refractivity contribution in [2.45, 2.75) is 13.5 Å². The van der Waals surface area contributed by atoms with Crippen LogP contribution in [0.3, 0.4) is 0 Å². The van der Waals surface area contributed by atoms with Gasteiger partial charge in [-0.05, 0) is 36.8 Å². The topological polar surface area (TPSA) is 22.1 Å². The Labute approximate surface area is 120 Å². The van der Waals surface area contributed by atoms with Crippen LogP contribution in [-0.4, -0.2) is 4.98 Å². The molecule has 0 bridgehead atoms. The minimum absolute atomic E-state index is 0.251. The summed E-state index contributed by atoms with van der Waals surface area (Å²) in [6, 6.07) is 8.80. The van der Waals surface area contributed by atoms with Crippen molar-refractivity contribution in [2.75, 3.05) is 0 Å². The largest absolute Gasteiger partial charge is 0.487 e. The Kier molecular flexibility index (Phi) is 4.33. The summed E-state index contributed by atoms with van der Waals surface area (Å²) in [7, 11) is 0. The number of hydrogen-bond donors (Lipinski definition) is 0. The van der Waals surface area contributed by atoms with Gasteiger partial charge in [0, 0.05) is 5.02 Å². The van der Waals surface area contributed by atoms with Crippen LogP contribution in [0.4, 0.5) is 0 Å². The van der Waals surface area contributed by atoms with Gasteiger partial charge in [0.15, 0.2) is 0 Å². The summed E-state index contributed by atoms with van der Waals surface area (Å²) in [4.78, 5) is 4.12. The smallest absolute Gasteiger partial charge is 0.132 e. The van der Waals surface area contributed by atoms with E-state index in [0.717, 1.165) is 5.56 Å². The molecule has 94 valence electrons. The molecule has 0 N–H and O–H groups in total. The Hall–Kier alpha value is -0.960. The Morgan fingerprint density at radius 1 is 1.11 bits per heavy atom. The summed E-state index contributed by atoms with van der Waals surface area (Å²) < 4.78 is 5.65. The zero-order valence-electron chi connectivity index (χ0n) is 9.58. The van der Waals surface area contributed by atoms with Crippen molar-refractivity contribution in [1.29, 1.82) is 0 Å². The molecule has 2 nitrogen and oxygen atoms in total. The molecule has 1 aromatic heterocycles. The van der Waals surface area contributed by atoms with E-state index >= 15 is 0 Å². The predicted octanol–water partition coefficient (Wildman–Crippen LogP) is 4.93. The molecule has 2 aromatic rings. The van der Waals surface area contributed by atoms with Gasteiger partial charge in [-0.25, -0.2) is 4.98 Å². The summed E-state index contributed by atoms with van der Waals surface area (Å²) in [6.45, 7) is 2.19. The summed E-state index contributed by atoms with van der Waals surface area (Å²) in [5.41, 5.74) is 1.60. The molecule has 1 aromatic carbocycles. The first-order chi connectivity index (χ1) is 8.56. The van der Waals surface area contributed by atoms with Gasteiger partial charge in [0.2, 0.25) is 0 Å². The molecule has 0 spiro atoms. The number of hydrogen-bond acceptors (Lipinski definition) is 2. The maximum absolute atomic E-state index is 6.01. The predicted molar refractivity (Wildman–Crippen MR) is 74.8 cm³/mol. The molecule has 0 fully saturated rings. The summed E-state index contributed by atoms with van der Waals surface area (Å²) >= 11 is 17.7. The molecule has 0 saturated heterocycles. The van der Waals surface area contributed by atoms with Gasteiger partial charge in [-0.2, -0.15) is 0 Å². The second-order valence-corrected chi connectivity index (χ2v) is 4.99. The third kappa shape index (κ3) is 3.29. The van der Waals surface area contributed by atoms with Gasteiger partial charge < -0.3 is 4.74 Å². The maximum Gasteiger partial charge on any atom is 0.132 e. The molecular formula is C13H10Cl3NO. The van der Waals surface area contributed by atoms with Crippen LogP contribution < -0.4 is 4.74 Å². The van der Waals surface area contributed by atoms with Crippen LogP contribution in [0.2, 0.25) is 15.2 Å². The highest BCUT2D eigenvalue weighted by atomic mass is 35.5. The molecule has 0 aliphatic heterocycles. The zero-order valence-corrected chi connectivity index (χ0v) is 11.9. The Bertz CT molecular complexity index is 521. The van der Waals surface area contributed by atoms with Gasteiger partial charge in [-0.1, -0.05) is 40.9 Å². The highest BCUT2D eigenvalue weighted by molar-refractivity contribution is 6.32. The average Bonchev–Trinajstić information content (AvgIpc) is 2.34. The SMILES string of the molecule is Cc1ccc(Cl)cc1OCc1nc(Cl)ccc1Cl. The monoisotopic (exact) mass is 301 g/mol. The molecule has 0 aliphatic carbocycles. The van der Waals surface area contributed by atoms with Gasteiger partial charge in [-0.3, -0.25) is 0 Å². The number of rotatable bonds is 3. The molecule has 0 radical (unpaired) electrons. The molecule has 5 heteroatoms. The second kappa shape index (κ2) is 5.79. The van der Waals surface area contributed by atoms with Crippen molar-refractivity contribution in [1.82, 2.24) is 4.98 Å². The minimum atomic E-state index is 0.251. The van der Waals surface area contributed by atoms with Gasteiger partial charge in [0.1, 0.15) is 17.5 Å². The Morgan fingerprint density at radius 2 is 1.89 bits per heavy atom. The minimum Gasteiger partial charge on any atom is -0.487 e. The van der Waals surface area contributed by atoms with Crippen molar-refractivity contribution in [3.05, 3.63) is 56.8 Å². The number of benzene rings is 1. The molecule has 1 heterocycles. The molecule has 0 saturated carbocycles. The van der Waals surface area contributed by atoms with Crippen molar-refractivity contribution in [3.8, 4) is 5.75 Å². The number of nitrogens with zero attached hydrogens (tertiary/aromatic N) is 1. The Balaban J connectivity index is 2.16. The zero-order chi connectivity index (χ0) is 13.1. The summed E-state index contributed by atoms with van der Waals surface area (Å²) in [5, 5.41) is 1.54. The number of aryl methyl sites for hydroxylation is 1. The lowest BCUT2D eigenvalue weighted by molar-refractivity contribution is 0.299. The quantitative estimate of drug-likeness (QED) is 0.750. The maximum atomic E-state index is 6.01. The van der Waals surface area contributed by atoms with E-state index < -0.39 is 0 Å². The van der Waals surface area contributed by atoms with Crippen LogP contribution in [0.15, 0.2) is 30.3 Å². The highest BCUT2D eigenvalue weighted by Crippen LogP contribution is 2.24. The highest BCUT2D eigenvalue weighted by Gasteiger charge is 2.06. The lowest BCUT2D eigenvalue weighted by Crippen LogP contribution is -2.00. The summed E-state index contributed by atoms with van der Waals surface area (Å²) in [6.07, 6.45) is 0. The first-order valence-electron chi connectivity index (χ1n) is 5.26.